The highest BCUT2D eigenvalue weighted by Gasteiger charge is 2.20. The molecule has 0 saturated carbocycles. The fourth-order valence-electron chi connectivity index (χ4n) is 3.46. The number of morpholine rings is 1. The largest absolute Gasteiger partial charge is 0.493 e. The van der Waals surface area contributed by atoms with Crippen molar-refractivity contribution in [3.63, 3.8) is 0 Å². The van der Waals surface area contributed by atoms with E-state index < -0.39 is 5.91 Å². The molecule has 178 valence electrons. The van der Waals surface area contributed by atoms with Crippen LogP contribution in [0.4, 0.5) is 11.4 Å². The van der Waals surface area contributed by atoms with E-state index in [1.807, 2.05) is 12.1 Å². The number of hydrogen-bond donors (Lipinski definition) is 2. The minimum absolute atomic E-state index is 0.251. The van der Waals surface area contributed by atoms with Crippen LogP contribution in [-0.2, 0) is 20.8 Å². The van der Waals surface area contributed by atoms with Crippen molar-refractivity contribution in [1.29, 1.82) is 0 Å². The lowest BCUT2D eigenvalue weighted by atomic mass is 10.1. The number of primary amides is 1. The maximum atomic E-state index is 12.6. The van der Waals surface area contributed by atoms with E-state index in [2.05, 4.69) is 10.2 Å². The van der Waals surface area contributed by atoms with Crippen LogP contribution in [0, 0.1) is 0 Å². The fraction of sp³-hybridized carbons (Fsp3) is 0.391. The normalized spacial score (nSPS) is 13.4. The predicted octanol–water partition coefficient (Wildman–Crippen LogP) is 2.84. The zero-order chi connectivity index (χ0) is 23.8. The molecule has 0 aliphatic carbocycles. The molecule has 0 radical (unpaired) electrons. The first-order valence-electron chi connectivity index (χ1n) is 10.6. The highest BCUT2D eigenvalue weighted by atomic mass is 35.5. The van der Waals surface area contributed by atoms with Crippen molar-refractivity contribution in [2.24, 2.45) is 5.73 Å². The fourth-order valence-corrected chi connectivity index (χ4v) is 3.75. The zero-order valence-electron chi connectivity index (χ0n) is 18.7. The molecule has 3 N–H and O–H groups in total. The van der Waals surface area contributed by atoms with Crippen LogP contribution in [0.3, 0.4) is 0 Å². The van der Waals surface area contributed by atoms with Gasteiger partial charge in [-0.25, -0.2) is 4.79 Å². The Morgan fingerprint density at radius 2 is 1.97 bits per heavy atom. The molecule has 1 aliphatic heterocycles. The van der Waals surface area contributed by atoms with Gasteiger partial charge in [0.15, 0.2) is 18.1 Å². The Balaban J connectivity index is 1.79. The molecule has 1 amide bonds. The molecule has 0 spiro atoms. The van der Waals surface area contributed by atoms with Crippen LogP contribution in [-0.4, -0.2) is 58.5 Å². The third kappa shape index (κ3) is 6.43. The van der Waals surface area contributed by atoms with Gasteiger partial charge in [0, 0.05) is 25.3 Å². The summed E-state index contributed by atoms with van der Waals surface area (Å²) in [5.41, 5.74) is 8.02. The number of esters is 1. The van der Waals surface area contributed by atoms with E-state index in [4.69, 9.17) is 36.3 Å². The molecule has 0 bridgehead atoms. The van der Waals surface area contributed by atoms with Gasteiger partial charge in [-0.15, -0.1) is 0 Å². The summed E-state index contributed by atoms with van der Waals surface area (Å²) in [5, 5.41) is 3.59. The lowest BCUT2D eigenvalue weighted by molar-refractivity contribution is -0.119. The Labute approximate surface area is 197 Å². The molecule has 10 heteroatoms. The van der Waals surface area contributed by atoms with Gasteiger partial charge < -0.3 is 34.9 Å². The Morgan fingerprint density at radius 3 is 2.64 bits per heavy atom. The molecule has 0 atom stereocenters. The molecular weight excluding hydrogens is 450 g/mol. The number of rotatable bonds is 10. The molecule has 3 rings (SSSR count). The minimum atomic E-state index is -0.614. The van der Waals surface area contributed by atoms with E-state index in [9.17, 15) is 9.59 Å². The molecule has 2 aromatic rings. The summed E-state index contributed by atoms with van der Waals surface area (Å²) in [4.78, 5) is 25.8. The number of nitrogens with zero attached hydrogens (tertiary/aromatic N) is 1. The van der Waals surface area contributed by atoms with Crippen molar-refractivity contribution in [2.45, 2.75) is 13.5 Å². The van der Waals surface area contributed by atoms with Crippen molar-refractivity contribution < 1.29 is 28.5 Å². The predicted molar refractivity (Wildman–Crippen MR) is 125 cm³/mol. The first-order chi connectivity index (χ1) is 15.9. The first kappa shape index (κ1) is 24.5. The Bertz CT molecular complexity index is 994. The van der Waals surface area contributed by atoms with Crippen molar-refractivity contribution in [3.8, 4) is 11.5 Å². The smallest absolute Gasteiger partial charge is 0.340 e. The SMILES string of the molecule is CCOC(=O)c1cc(NCc2cc(Cl)c(OCC(N)=O)c(OC)c2)ccc1N1CCOCC1. The van der Waals surface area contributed by atoms with Crippen LogP contribution in [0.25, 0.3) is 0 Å². The number of amides is 1. The molecular formula is C23H28ClN3O6. The maximum absolute atomic E-state index is 12.6. The van der Waals surface area contributed by atoms with Gasteiger partial charge in [0.2, 0.25) is 0 Å². The van der Waals surface area contributed by atoms with Gasteiger partial charge in [-0.3, -0.25) is 4.79 Å². The van der Waals surface area contributed by atoms with Crippen LogP contribution in [0.5, 0.6) is 11.5 Å². The average Bonchev–Trinajstić information content (AvgIpc) is 2.82. The third-order valence-corrected chi connectivity index (χ3v) is 5.27. The quantitative estimate of drug-likeness (QED) is 0.502. The van der Waals surface area contributed by atoms with Crippen molar-refractivity contribution >= 4 is 34.9 Å². The molecule has 1 aliphatic rings. The number of ether oxygens (including phenoxy) is 4. The van der Waals surface area contributed by atoms with Crippen molar-refractivity contribution in [3.05, 3.63) is 46.5 Å². The lowest BCUT2D eigenvalue weighted by Crippen LogP contribution is -2.37. The molecule has 0 unspecified atom stereocenters. The molecule has 2 aromatic carbocycles. The number of anilines is 2. The van der Waals surface area contributed by atoms with Gasteiger partial charge in [-0.2, -0.15) is 0 Å². The molecule has 33 heavy (non-hydrogen) atoms. The second kappa shape index (κ2) is 11.6. The molecule has 1 fully saturated rings. The number of hydrogen-bond acceptors (Lipinski definition) is 8. The number of benzene rings is 2. The van der Waals surface area contributed by atoms with Crippen LogP contribution in [0.2, 0.25) is 5.02 Å². The Morgan fingerprint density at radius 1 is 1.21 bits per heavy atom. The van der Waals surface area contributed by atoms with E-state index >= 15 is 0 Å². The molecule has 9 nitrogen and oxygen atoms in total. The van der Waals surface area contributed by atoms with Gasteiger partial charge in [0.05, 0.1) is 43.2 Å². The van der Waals surface area contributed by atoms with Gasteiger partial charge in [-0.05, 0) is 42.8 Å². The molecule has 1 heterocycles. The number of methoxy groups -OCH3 is 1. The highest BCUT2D eigenvalue weighted by Crippen LogP contribution is 2.36. The number of nitrogens with two attached hydrogens (primary N) is 1. The Hall–Kier alpha value is -3.17. The Kier molecular flexibility index (Phi) is 8.62. The summed E-state index contributed by atoms with van der Waals surface area (Å²) < 4.78 is 21.4. The van der Waals surface area contributed by atoms with Crippen LogP contribution >= 0.6 is 11.6 Å². The summed E-state index contributed by atoms with van der Waals surface area (Å²) in [7, 11) is 1.48. The second-order valence-electron chi connectivity index (χ2n) is 7.27. The summed E-state index contributed by atoms with van der Waals surface area (Å²) in [5.74, 6) is -0.350. The van der Waals surface area contributed by atoms with Gasteiger partial charge in [-0.1, -0.05) is 11.6 Å². The number of carbonyl (C=O) groups is 2. The molecule has 0 aromatic heterocycles. The van der Waals surface area contributed by atoms with Gasteiger partial charge in [0.1, 0.15) is 0 Å². The number of halogens is 1. The minimum Gasteiger partial charge on any atom is -0.493 e. The van der Waals surface area contributed by atoms with Crippen LogP contribution < -0.4 is 25.4 Å². The topological polar surface area (TPSA) is 112 Å². The van der Waals surface area contributed by atoms with Crippen molar-refractivity contribution in [2.75, 3.05) is 56.8 Å². The van der Waals surface area contributed by atoms with E-state index in [-0.39, 0.29) is 18.3 Å². The monoisotopic (exact) mass is 477 g/mol. The summed E-state index contributed by atoms with van der Waals surface area (Å²) in [6.45, 7) is 4.83. The first-order valence-corrected chi connectivity index (χ1v) is 11.0. The number of nitrogens with one attached hydrogen (secondary N) is 1. The van der Waals surface area contributed by atoms with Crippen LogP contribution in [0.15, 0.2) is 30.3 Å². The van der Waals surface area contributed by atoms with Gasteiger partial charge in [0.25, 0.3) is 5.91 Å². The van der Waals surface area contributed by atoms with E-state index in [0.717, 1.165) is 16.9 Å². The summed E-state index contributed by atoms with van der Waals surface area (Å²) in [6.07, 6.45) is 0. The third-order valence-electron chi connectivity index (χ3n) is 4.99. The standard InChI is InChI=1S/C23H28ClN3O6/c1-3-32-23(29)17-12-16(4-5-19(17)27-6-8-31-9-7-27)26-13-15-10-18(24)22(20(11-15)30-2)33-14-21(25)28/h4-5,10-12,26H,3,6-9,13-14H2,1-2H3,(H2,25,28). The van der Waals surface area contributed by atoms with E-state index in [1.54, 1.807) is 25.1 Å². The maximum Gasteiger partial charge on any atom is 0.340 e. The van der Waals surface area contributed by atoms with Crippen LogP contribution in [0.1, 0.15) is 22.8 Å². The molecule has 1 saturated heterocycles. The number of carbonyl (C=O) groups excluding carboxylic acids is 2. The lowest BCUT2D eigenvalue weighted by Gasteiger charge is -2.30. The van der Waals surface area contributed by atoms with E-state index in [1.165, 1.54) is 7.11 Å². The van der Waals surface area contributed by atoms with Gasteiger partial charge >= 0.3 is 5.97 Å². The van der Waals surface area contributed by atoms with Crippen molar-refractivity contribution in [1.82, 2.24) is 0 Å². The second-order valence-corrected chi connectivity index (χ2v) is 7.68. The summed E-state index contributed by atoms with van der Waals surface area (Å²) in [6, 6.07) is 9.07. The van der Waals surface area contributed by atoms with E-state index in [0.29, 0.717) is 55.8 Å². The zero-order valence-corrected chi connectivity index (χ0v) is 19.4. The summed E-state index contributed by atoms with van der Waals surface area (Å²) >= 11 is 6.33. The highest BCUT2D eigenvalue weighted by molar-refractivity contribution is 6.32. The average molecular weight is 478 g/mol.